The van der Waals surface area contributed by atoms with Crippen molar-refractivity contribution in [3.8, 4) is 0 Å². The first-order chi connectivity index (χ1) is 11.0. The minimum absolute atomic E-state index is 0.132. The van der Waals surface area contributed by atoms with Crippen LogP contribution in [0.4, 0.5) is 0 Å². The number of rotatable bonds is 4. The van der Waals surface area contributed by atoms with E-state index in [0.717, 1.165) is 6.26 Å². The molecular weight excluding hydrogens is 300 g/mol. The Bertz CT molecular complexity index is 862. The SMILES string of the molecule is CC1=C(C)C(O/C=C(/C(=O)O)n2cnc3ccccc32)OC1=O. The van der Waals surface area contributed by atoms with E-state index in [-0.39, 0.29) is 5.70 Å². The molecule has 0 aliphatic carbocycles. The van der Waals surface area contributed by atoms with Crippen LogP contribution in [-0.4, -0.2) is 32.9 Å². The summed E-state index contributed by atoms with van der Waals surface area (Å²) in [7, 11) is 0. The number of aliphatic carboxylic acids is 1. The van der Waals surface area contributed by atoms with Crippen molar-refractivity contribution in [3.63, 3.8) is 0 Å². The highest BCUT2D eigenvalue weighted by Crippen LogP contribution is 2.24. The maximum Gasteiger partial charge on any atom is 0.356 e. The topological polar surface area (TPSA) is 90.7 Å². The lowest BCUT2D eigenvalue weighted by Crippen LogP contribution is -2.14. The zero-order chi connectivity index (χ0) is 16.6. The molecule has 118 valence electrons. The maximum absolute atomic E-state index is 11.5. The second kappa shape index (κ2) is 5.60. The van der Waals surface area contributed by atoms with Crippen molar-refractivity contribution in [1.82, 2.24) is 9.55 Å². The molecule has 0 spiro atoms. The molecule has 1 aliphatic heterocycles. The van der Waals surface area contributed by atoms with Crippen molar-refractivity contribution in [1.29, 1.82) is 0 Å². The fourth-order valence-electron chi connectivity index (χ4n) is 2.23. The molecule has 7 heteroatoms. The Morgan fingerprint density at radius 1 is 1.39 bits per heavy atom. The quantitative estimate of drug-likeness (QED) is 0.528. The molecule has 1 aliphatic rings. The molecule has 23 heavy (non-hydrogen) atoms. The van der Waals surface area contributed by atoms with Gasteiger partial charge in [0.15, 0.2) is 5.70 Å². The normalized spacial score (nSPS) is 18.4. The number of nitrogens with zero attached hydrogens (tertiary/aromatic N) is 2. The average molecular weight is 314 g/mol. The summed E-state index contributed by atoms with van der Waals surface area (Å²) in [5.74, 6) is -1.65. The molecule has 0 fully saturated rings. The van der Waals surface area contributed by atoms with E-state index >= 15 is 0 Å². The number of carboxylic acids is 1. The number of carboxylic acid groups (broad SMARTS) is 1. The molecule has 3 rings (SSSR count). The minimum atomic E-state index is -1.18. The summed E-state index contributed by atoms with van der Waals surface area (Å²) in [4.78, 5) is 27.2. The van der Waals surface area contributed by atoms with Gasteiger partial charge in [0, 0.05) is 11.1 Å². The maximum atomic E-state index is 11.5. The molecule has 1 unspecified atom stereocenters. The Morgan fingerprint density at radius 2 is 2.13 bits per heavy atom. The fraction of sp³-hybridized carbons (Fsp3) is 0.188. The van der Waals surface area contributed by atoms with Crippen LogP contribution in [0.2, 0.25) is 0 Å². The third-order valence-electron chi connectivity index (χ3n) is 3.70. The van der Waals surface area contributed by atoms with Gasteiger partial charge in [-0.15, -0.1) is 0 Å². The zero-order valence-corrected chi connectivity index (χ0v) is 12.5. The van der Waals surface area contributed by atoms with E-state index < -0.39 is 18.2 Å². The Hall–Kier alpha value is -3.09. The van der Waals surface area contributed by atoms with Gasteiger partial charge in [0.05, 0.1) is 11.0 Å². The lowest BCUT2D eigenvalue weighted by atomic mass is 10.2. The second-order valence-corrected chi connectivity index (χ2v) is 5.09. The van der Waals surface area contributed by atoms with Gasteiger partial charge in [0.25, 0.3) is 6.29 Å². The monoisotopic (exact) mass is 314 g/mol. The number of para-hydroxylation sites is 2. The molecule has 0 bridgehead atoms. The van der Waals surface area contributed by atoms with Gasteiger partial charge in [-0.1, -0.05) is 12.1 Å². The standard InChI is InChI=1S/C16H14N2O5/c1-9-10(2)16(23-15(9)21)22-7-13(14(19)20)18-8-17-11-5-3-4-6-12(11)18/h3-8,16H,1-2H3,(H,19,20)/b13-7-. The number of carbonyl (C=O) groups is 2. The number of hydrogen-bond acceptors (Lipinski definition) is 5. The van der Waals surface area contributed by atoms with E-state index in [9.17, 15) is 14.7 Å². The lowest BCUT2D eigenvalue weighted by molar-refractivity contribution is -0.152. The number of ether oxygens (including phenoxy) is 2. The third-order valence-corrected chi connectivity index (χ3v) is 3.70. The third kappa shape index (κ3) is 2.57. The van der Waals surface area contributed by atoms with Crippen LogP contribution in [0.1, 0.15) is 13.8 Å². The molecule has 0 saturated heterocycles. The molecular formula is C16H14N2O5. The van der Waals surface area contributed by atoms with E-state index in [0.29, 0.717) is 22.2 Å². The summed E-state index contributed by atoms with van der Waals surface area (Å²) in [6.45, 7) is 3.33. The van der Waals surface area contributed by atoms with Crippen LogP contribution >= 0.6 is 0 Å². The summed E-state index contributed by atoms with van der Waals surface area (Å²) < 4.78 is 11.8. The van der Waals surface area contributed by atoms with Crippen LogP contribution in [0.5, 0.6) is 0 Å². The van der Waals surface area contributed by atoms with Crippen molar-refractivity contribution in [2.75, 3.05) is 0 Å². The number of imidazole rings is 1. The molecule has 0 saturated carbocycles. The van der Waals surface area contributed by atoms with Crippen LogP contribution < -0.4 is 0 Å². The second-order valence-electron chi connectivity index (χ2n) is 5.09. The van der Waals surface area contributed by atoms with Crippen molar-refractivity contribution >= 4 is 28.7 Å². The number of fused-ring (bicyclic) bond motifs is 1. The van der Waals surface area contributed by atoms with Gasteiger partial charge < -0.3 is 14.6 Å². The van der Waals surface area contributed by atoms with E-state index in [4.69, 9.17) is 9.47 Å². The molecule has 7 nitrogen and oxygen atoms in total. The van der Waals surface area contributed by atoms with Crippen molar-refractivity contribution in [3.05, 3.63) is 48.0 Å². The Kier molecular flexibility index (Phi) is 3.61. The minimum Gasteiger partial charge on any atom is -0.476 e. The van der Waals surface area contributed by atoms with Crippen LogP contribution in [0.3, 0.4) is 0 Å². The zero-order valence-electron chi connectivity index (χ0n) is 12.5. The molecule has 0 amide bonds. The summed E-state index contributed by atoms with van der Waals surface area (Å²) in [6, 6.07) is 7.14. The number of hydrogen-bond donors (Lipinski definition) is 1. The van der Waals surface area contributed by atoms with Gasteiger partial charge in [-0.2, -0.15) is 0 Å². The number of aromatic nitrogens is 2. The summed E-state index contributed by atoms with van der Waals surface area (Å²) in [5.41, 5.74) is 2.25. The Morgan fingerprint density at radius 3 is 2.78 bits per heavy atom. The Labute approximate surface area is 131 Å². The van der Waals surface area contributed by atoms with Crippen molar-refractivity contribution in [2.45, 2.75) is 20.1 Å². The molecule has 1 atom stereocenters. The van der Waals surface area contributed by atoms with E-state index in [1.165, 1.54) is 10.9 Å². The largest absolute Gasteiger partial charge is 0.476 e. The first-order valence-electron chi connectivity index (χ1n) is 6.89. The highest BCUT2D eigenvalue weighted by atomic mass is 16.7. The smallest absolute Gasteiger partial charge is 0.356 e. The van der Waals surface area contributed by atoms with Crippen molar-refractivity contribution < 1.29 is 24.2 Å². The van der Waals surface area contributed by atoms with Gasteiger partial charge in [0.1, 0.15) is 12.6 Å². The van der Waals surface area contributed by atoms with Gasteiger partial charge in [-0.05, 0) is 26.0 Å². The van der Waals surface area contributed by atoms with E-state index in [1.807, 2.05) is 6.07 Å². The number of cyclic esters (lactones) is 1. The average Bonchev–Trinajstić information content (AvgIpc) is 3.05. The molecule has 2 heterocycles. The van der Waals surface area contributed by atoms with Gasteiger partial charge >= 0.3 is 11.9 Å². The predicted molar refractivity (Wildman–Crippen MR) is 81.0 cm³/mol. The highest BCUT2D eigenvalue weighted by molar-refractivity contribution is 6.10. The summed E-state index contributed by atoms with van der Waals surface area (Å²) >= 11 is 0. The molecule has 2 aromatic rings. The molecule has 1 N–H and O–H groups in total. The van der Waals surface area contributed by atoms with Gasteiger partial charge in [-0.25, -0.2) is 14.6 Å². The van der Waals surface area contributed by atoms with E-state index in [2.05, 4.69) is 4.98 Å². The molecule has 0 radical (unpaired) electrons. The summed E-state index contributed by atoms with van der Waals surface area (Å²) in [6.07, 6.45) is 1.56. The number of carbonyl (C=O) groups excluding carboxylic acids is 1. The van der Waals surface area contributed by atoms with E-state index in [1.54, 1.807) is 32.0 Å². The van der Waals surface area contributed by atoms with Crippen LogP contribution in [0.25, 0.3) is 16.7 Å². The molecule has 1 aromatic heterocycles. The Balaban J connectivity index is 1.94. The first-order valence-corrected chi connectivity index (χ1v) is 6.89. The highest BCUT2D eigenvalue weighted by Gasteiger charge is 2.29. The van der Waals surface area contributed by atoms with Crippen LogP contribution in [0, 0.1) is 0 Å². The molecule has 1 aromatic carbocycles. The predicted octanol–water partition coefficient (Wildman–Crippen LogP) is 2.16. The van der Waals surface area contributed by atoms with Crippen LogP contribution in [0.15, 0.2) is 48.0 Å². The van der Waals surface area contributed by atoms with Gasteiger partial charge in [-0.3, -0.25) is 4.57 Å². The summed E-state index contributed by atoms with van der Waals surface area (Å²) in [5, 5.41) is 9.43. The number of benzene rings is 1. The van der Waals surface area contributed by atoms with Crippen molar-refractivity contribution in [2.24, 2.45) is 0 Å². The van der Waals surface area contributed by atoms with Gasteiger partial charge in [0.2, 0.25) is 0 Å². The first kappa shape index (κ1) is 14.8. The fourth-order valence-corrected chi connectivity index (χ4v) is 2.23. The lowest BCUT2D eigenvalue weighted by Gasteiger charge is -2.12. The number of esters is 1. The van der Waals surface area contributed by atoms with Crippen LogP contribution in [-0.2, 0) is 19.1 Å².